The monoisotopic (exact) mass is 187 g/mol. The Morgan fingerprint density at radius 3 is 2.67 bits per heavy atom. The van der Waals surface area contributed by atoms with Crippen molar-refractivity contribution in [3.63, 3.8) is 0 Å². The second-order valence-corrected chi connectivity index (χ2v) is 2.50. The number of phenolic OH excluding ortho intramolecular Hbond substituents is 1. The van der Waals surface area contributed by atoms with E-state index in [1.165, 1.54) is 18.2 Å². The second-order valence-electron chi connectivity index (χ2n) is 2.10. The van der Waals surface area contributed by atoms with Crippen molar-refractivity contribution in [1.82, 2.24) is 0 Å². The molecule has 0 saturated heterocycles. The van der Waals surface area contributed by atoms with Crippen LogP contribution in [0.25, 0.3) is 0 Å². The van der Waals surface area contributed by atoms with E-state index in [1.807, 2.05) is 0 Å². The van der Waals surface area contributed by atoms with Crippen LogP contribution in [0.3, 0.4) is 0 Å². The van der Waals surface area contributed by atoms with Gasteiger partial charge in [-0.3, -0.25) is 5.32 Å². The maximum atomic E-state index is 10.1. The van der Waals surface area contributed by atoms with E-state index in [4.69, 9.17) is 21.8 Å². The van der Waals surface area contributed by atoms with Crippen LogP contribution in [0.2, 0.25) is 5.02 Å². The van der Waals surface area contributed by atoms with Gasteiger partial charge in [0.2, 0.25) is 0 Å². The van der Waals surface area contributed by atoms with E-state index >= 15 is 0 Å². The summed E-state index contributed by atoms with van der Waals surface area (Å²) in [6, 6.07) is 4.05. The highest BCUT2D eigenvalue weighted by Gasteiger charge is 2.01. The number of rotatable bonds is 1. The molecule has 1 rings (SSSR count). The summed E-state index contributed by atoms with van der Waals surface area (Å²) in [6.45, 7) is 0. The van der Waals surface area contributed by atoms with Gasteiger partial charge in [0.05, 0.1) is 5.02 Å². The Hall–Kier alpha value is -1.42. The third kappa shape index (κ3) is 2.03. The molecule has 0 aromatic heterocycles. The average molecular weight is 188 g/mol. The van der Waals surface area contributed by atoms with E-state index < -0.39 is 6.09 Å². The first-order valence-corrected chi connectivity index (χ1v) is 3.46. The maximum absolute atomic E-state index is 10.1. The fourth-order valence-electron chi connectivity index (χ4n) is 0.708. The fourth-order valence-corrected chi connectivity index (χ4v) is 0.889. The molecule has 1 aromatic carbocycles. The molecule has 0 aliphatic carbocycles. The summed E-state index contributed by atoms with van der Waals surface area (Å²) in [7, 11) is 0. The topological polar surface area (TPSA) is 69.6 Å². The smallest absolute Gasteiger partial charge is 0.409 e. The van der Waals surface area contributed by atoms with Gasteiger partial charge in [-0.15, -0.1) is 0 Å². The summed E-state index contributed by atoms with van der Waals surface area (Å²) in [5.41, 5.74) is 0.324. The molecule has 4 nitrogen and oxygen atoms in total. The molecular formula is C7H6ClNO3. The number of halogens is 1. The number of phenols is 1. The third-order valence-electron chi connectivity index (χ3n) is 1.20. The zero-order valence-corrected chi connectivity index (χ0v) is 6.67. The molecule has 0 saturated carbocycles. The van der Waals surface area contributed by atoms with Crippen LogP contribution in [-0.2, 0) is 0 Å². The van der Waals surface area contributed by atoms with Gasteiger partial charge < -0.3 is 10.2 Å². The van der Waals surface area contributed by atoms with Crippen LogP contribution >= 0.6 is 11.6 Å². The zero-order chi connectivity index (χ0) is 9.14. The summed E-state index contributed by atoms with van der Waals surface area (Å²) in [6.07, 6.45) is -1.17. The molecule has 0 bridgehead atoms. The third-order valence-corrected chi connectivity index (χ3v) is 1.50. The molecule has 0 atom stereocenters. The Morgan fingerprint density at radius 1 is 1.50 bits per heavy atom. The summed E-state index contributed by atoms with van der Waals surface area (Å²) in [4.78, 5) is 10.1. The van der Waals surface area contributed by atoms with Crippen molar-refractivity contribution in [2.45, 2.75) is 0 Å². The van der Waals surface area contributed by atoms with Gasteiger partial charge in [0.15, 0.2) is 0 Å². The van der Waals surface area contributed by atoms with Gasteiger partial charge in [-0.1, -0.05) is 11.6 Å². The lowest BCUT2D eigenvalue weighted by Gasteiger charge is -2.01. The van der Waals surface area contributed by atoms with Crippen LogP contribution < -0.4 is 5.32 Å². The van der Waals surface area contributed by atoms with Crippen molar-refractivity contribution in [3.05, 3.63) is 23.2 Å². The lowest BCUT2D eigenvalue weighted by molar-refractivity contribution is 0.209. The molecule has 0 radical (unpaired) electrons. The molecule has 0 spiro atoms. The van der Waals surface area contributed by atoms with E-state index in [0.717, 1.165) is 0 Å². The van der Waals surface area contributed by atoms with Crippen LogP contribution in [-0.4, -0.2) is 16.3 Å². The molecule has 1 aromatic rings. The van der Waals surface area contributed by atoms with Crippen molar-refractivity contribution in [1.29, 1.82) is 0 Å². The maximum Gasteiger partial charge on any atom is 0.409 e. The summed E-state index contributed by atoms with van der Waals surface area (Å²) in [5.74, 6) is -0.0763. The molecule has 12 heavy (non-hydrogen) atoms. The minimum absolute atomic E-state index is 0.0763. The number of benzene rings is 1. The van der Waals surface area contributed by atoms with Gasteiger partial charge in [-0.05, 0) is 18.2 Å². The molecule has 0 heterocycles. The number of carboxylic acid groups (broad SMARTS) is 1. The summed E-state index contributed by atoms with van der Waals surface area (Å²) < 4.78 is 0. The molecule has 1 amide bonds. The van der Waals surface area contributed by atoms with Gasteiger partial charge in [0, 0.05) is 5.69 Å². The summed E-state index contributed by atoms with van der Waals surface area (Å²) in [5, 5.41) is 19.5. The van der Waals surface area contributed by atoms with Gasteiger partial charge in [0.1, 0.15) is 5.75 Å². The van der Waals surface area contributed by atoms with Gasteiger partial charge in [-0.25, -0.2) is 4.79 Å². The molecule has 0 unspecified atom stereocenters. The van der Waals surface area contributed by atoms with E-state index in [2.05, 4.69) is 5.32 Å². The Bertz CT molecular complexity index is 314. The van der Waals surface area contributed by atoms with Gasteiger partial charge in [-0.2, -0.15) is 0 Å². The molecular weight excluding hydrogens is 182 g/mol. The highest BCUT2D eigenvalue weighted by Crippen LogP contribution is 2.25. The predicted octanol–water partition coefficient (Wildman–Crippen LogP) is 2.14. The molecule has 5 heteroatoms. The molecule has 64 valence electrons. The van der Waals surface area contributed by atoms with Crippen molar-refractivity contribution in [2.24, 2.45) is 0 Å². The Balaban J connectivity index is 2.89. The van der Waals surface area contributed by atoms with Crippen LogP contribution in [0.15, 0.2) is 18.2 Å². The number of hydrogen-bond acceptors (Lipinski definition) is 2. The van der Waals surface area contributed by atoms with Gasteiger partial charge >= 0.3 is 6.09 Å². The van der Waals surface area contributed by atoms with Crippen molar-refractivity contribution < 1.29 is 15.0 Å². The van der Waals surface area contributed by atoms with Crippen LogP contribution in [0.5, 0.6) is 5.75 Å². The highest BCUT2D eigenvalue weighted by molar-refractivity contribution is 6.32. The number of nitrogens with one attached hydrogen (secondary N) is 1. The lowest BCUT2D eigenvalue weighted by Crippen LogP contribution is -2.06. The molecule has 0 aliphatic heterocycles. The van der Waals surface area contributed by atoms with Crippen molar-refractivity contribution >= 4 is 23.4 Å². The Morgan fingerprint density at radius 2 is 2.17 bits per heavy atom. The predicted molar refractivity (Wildman–Crippen MR) is 44.8 cm³/mol. The Labute approximate surface area is 73.4 Å². The molecule has 0 fully saturated rings. The highest BCUT2D eigenvalue weighted by atomic mass is 35.5. The fraction of sp³-hybridized carbons (Fsp3) is 0. The standard InChI is InChI=1S/C7H6ClNO3/c8-5-3-4(9-7(11)12)1-2-6(5)10/h1-3,9-10H,(H,11,12). The Kier molecular flexibility index (Phi) is 2.40. The van der Waals surface area contributed by atoms with Gasteiger partial charge in [0.25, 0.3) is 0 Å². The zero-order valence-electron chi connectivity index (χ0n) is 5.91. The van der Waals surface area contributed by atoms with Crippen LogP contribution in [0.1, 0.15) is 0 Å². The van der Waals surface area contributed by atoms with E-state index in [9.17, 15) is 4.79 Å². The van der Waals surface area contributed by atoms with E-state index in [1.54, 1.807) is 0 Å². The second kappa shape index (κ2) is 3.32. The minimum Gasteiger partial charge on any atom is -0.506 e. The van der Waals surface area contributed by atoms with Crippen LogP contribution in [0, 0.1) is 0 Å². The molecule has 3 N–H and O–H groups in total. The minimum atomic E-state index is -1.17. The number of anilines is 1. The first kappa shape index (κ1) is 8.67. The van der Waals surface area contributed by atoms with E-state index in [-0.39, 0.29) is 10.8 Å². The number of aromatic hydroxyl groups is 1. The number of amides is 1. The SMILES string of the molecule is O=C(O)Nc1ccc(O)c(Cl)c1. The first-order valence-electron chi connectivity index (χ1n) is 3.08. The van der Waals surface area contributed by atoms with Crippen molar-refractivity contribution in [3.8, 4) is 5.75 Å². The lowest BCUT2D eigenvalue weighted by atomic mass is 10.3. The number of carbonyl (C=O) groups is 1. The number of hydrogen-bond donors (Lipinski definition) is 3. The molecule has 0 aliphatic rings. The normalized spacial score (nSPS) is 9.42. The quantitative estimate of drug-likeness (QED) is 0.590. The largest absolute Gasteiger partial charge is 0.506 e. The first-order chi connectivity index (χ1) is 5.59. The summed E-state index contributed by atoms with van der Waals surface area (Å²) >= 11 is 5.51. The van der Waals surface area contributed by atoms with Crippen LogP contribution in [0.4, 0.5) is 10.5 Å². The van der Waals surface area contributed by atoms with E-state index in [0.29, 0.717) is 5.69 Å². The average Bonchev–Trinajstić information content (AvgIpc) is 1.96. The van der Waals surface area contributed by atoms with Crippen molar-refractivity contribution in [2.75, 3.05) is 5.32 Å².